The van der Waals surface area contributed by atoms with Crippen molar-refractivity contribution in [2.75, 3.05) is 26.2 Å². The predicted molar refractivity (Wildman–Crippen MR) is 105 cm³/mol. The zero-order valence-corrected chi connectivity index (χ0v) is 16.3. The van der Waals surface area contributed by atoms with Crippen molar-refractivity contribution in [2.45, 2.75) is 20.0 Å². The topological polar surface area (TPSA) is 47.8 Å². The third-order valence-corrected chi connectivity index (χ3v) is 5.38. The number of piperazine rings is 1. The van der Waals surface area contributed by atoms with Gasteiger partial charge in [-0.05, 0) is 31.2 Å². The highest BCUT2D eigenvalue weighted by Gasteiger charge is 2.25. The summed E-state index contributed by atoms with van der Waals surface area (Å²) in [5, 5.41) is 9.29. The van der Waals surface area contributed by atoms with Gasteiger partial charge >= 0.3 is 0 Å². The summed E-state index contributed by atoms with van der Waals surface area (Å²) in [7, 11) is 0. The standard InChI is InChI=1S/C21H23ClN4O/c1-16-4-2-6-18(12-16)21-24-23-20(27-21)15-26-10-8-25(9-11-26)14-17-5-3-7-19(22)13-17/h2-7,12-13H,8-11,14-15H2,1H3/p+2. The Labute approximate surface area is 164 Å². The van der Waals surface area contributed by atoms with E-state index in [0.29, 0.717) is 5.89 Å². The van der Waals surface area contributed by atoms with Crippen LogP contribution in [0.5, 0.6) is 0 Å². The minimum absolute atomic E-state index is 0.610. The van der Waals surface area contributed by atoms with E-state index in [1.165, 1.54) is 16.0 Å². The SMILES string of the molecule is Cc1cccc(-c2nnc(C[NH+]3CC[NH+](Cc4cccc(Cl)c4)CC3)o2)c1. The van der Waals surface area contributed by atoms with Gasteiger partial charge < -0.3 is 14.2 Å². The van der Waals surface area contributed by atoms with Gasteiger partial charge in [0.2, 0.25) is 5.89 Å². The lowest BCUT2D eigenvalue weighted by atomic mass is 10.1. The number of nitrogens with one attached hydrogen (secondary N) is 2. The second kappa shape index (κ2) is 8.21. The van der Waals surface area contributed by atoms with E-state index in [9.17, 15) is 0 Å². The highest BCUT2D eigenvalue weighted by atomic mass is 35.5. The lowest BCUT2D eigenvalue weighted by Gasteiger charge is -2.29. The molecule has 3 aromatic rings. The Balaban J connectivity index is 1.31. The average Bonchev–Trinajstić information content (AvgIpc) is 3.12. The summed E-state index contributed by atoms with van der Waals surface area (Å²) in [5.74, 6) is 1.33. The fraction of sp³-hybridized carbons (Fsp3) is 0.333. The first kappa shape index (κ1) is 18.2. The molecule has 2 aromatic carbocycles. The molecule has 0 aliphatic carbocycles. The van der Waals surface area contributed by atoms with Gasteiger partial charge in [0.25, 0.3) is 5.89 Å². The molecule has 27 heavy (non-hydrogen) atoms. The first-order chi connectivity index (χ1) is 13.2. The van der Waals surface area contributed by atoms with Gasteiger partial charge in [-0.15, -0.1) is 10.2 Å². The lowest BCUT2D eigenvalue weighted by molar-refractivity contribution is -1.02. The summed E-state index contributed by atoms with van der Waals surface area (Å²) in [5.41, 5.74) is 3.48. The van der Waals surface area contributed by atoms with Crippen LogP contribution >= 0.6 is 11.6 Å². The summed E-state index contributed by atoms with van der Waals surface area (Å²) in [6.07, 6.45) is 0. The molecule has 140 valence electrons. The van der Waals surface area contributed by atoms with Gasteiger partial charge in [-0.2, -0.15) is 0 Å². The van der Waals surface area contributed by atoms with Crippen LogP contribution in [-0.2, 0) is 13.1 Å². The maximum Gasteiger partial charge on any atom is 0.271 e. The zero-order valence-electron chi connectivity index (χ0n) is 15.5. The molecule has 0 bridgehead atoms. The fourth-order valence-electron chi connectivity index (χ4n) is 3.68. The van der Waals surface area contributed by atoms with Crippen LogP contribution in [0.4, 0.5) is 0 Å². The van der Waals surface area contributed by atoms with Gasteiger partial charge in [-0.1, -0.05) is 41.4 Å². The summed E-state index contributed by atoms with van der Waals surface area (Å²) < 4.78 is 5.90. The van der Waals surface area contributed by atoms with E-state index in [4.69, 9.17) is 16.0 Å². The second-order valence-electron chi connectivity index (χ2n) is 7.35. The number of benzene rings is 2. The van der Waals surface area contributed by atoms with Crippen LogP contribution in [0.15, 0.2) is 52.9 Å². The minimum atomic E-state index is 0.610. The normalized spacial score (nSPS) is 19.9. The molecule has 1 fully saturated rings. The Hall–Kier alpha value is -2.21. The third-order valence-electron chi connectivity index (χ3n) is 5.14. The van der Waals surface area contributed by atoms with Gasteiger partial charge in [0.1, 0.15) is 32.7 Å². The molecular weight excluding hydrogens is 360 g/mol. The smallest absolute Gasteiger partial charge is 0.271 e. The first-order valence-electron chi connectivity index (χ1n) is 9.47. The van der Waals surface area contributed by atoms with Crippen LogP contribution in [0.25, 0.3) is 11.5 Å². The van der Waals surface area contributed by atoms with Crippen molar-refractivity contribution < 1.29 is 14.2 Å². The quantitative estimate of drug-likeness (QED) is 0.694. The summed E-state index contributed by atoms with van der Waals surface area (Å²) in [6.45, 7) is 8.39. The molecule has 1 aromatic heterocycles. The maximum atomic E-state index is 6.09. The molecule has 2 N–H and O–H groups in total. The molecule has 1 saturated heterocycles. The van der Waals surface area contributed by atoms with Crippen molar-refractivity contribution in [1.82, 2.24) is 10.2 Å². The van der Waals surface area contributed by atoms with Crippen LogP contribution in [0.2, 0.25) is 5.02 Å². The highest BCUT2D eigenvalue weighted by Crippen LogP contribution is 2.18. The molecule has 1 aliphatic heterocycles. The van der Waals surface area contributed by atoms with Gasteiger partial charge in [0, 0.05) is 16.1 Å². The number of hydrogen-bond acceptors (Lipinski definition) is 3. The van der Waals surface area contributed by atoms with Gasteiger partial charge in [-0.25, -0.2) is 0 Å². The van der Waals surface area contributed by atoms with Gasteiger partial charge in [0.15, 0.2) is 6.54 Å². The van der Waals surface area contributed by atoms with Crippen molar-refractivity contribution in [1.29, 1.82) is 0 Å². The first-order valence-corrected chi connectivity index (χ1v) is 9.84. The van der Waals surface area contributed by atoms with E-state index < -0.39 is 0 Å². The third kappa shape index (κ3) is 4.75. The van der Waals surface area contributed by atoms with Crippen LogP contribution in [0.3, 0.4) is 0 Å². The molecule has 2 heterocycles. The number of aryl methyl sites for hydroxylation is 1. The van der Waals surface area contributed by atoms with E-state index in [-0.39, 0.29) is 0 Å². The Morgan fingerprint density at radius 1 is 0.926 bits per heavy atom. The predicted octanol–water partition coefficient (Wildman–Crippen LogP) is 1.18. The number of aromatic nitrogens is 2. The van der Waals surface area contributed by atoms with E-state index >= 15 is 0 Å². The molecule has 5 nitrogen and oxygen atoms in total. The summed E-state index contributed by atoms with van der Waals surface area (Å²) >= 11 is 6.09. The van der Waals surface area contributed by atoms with Gasteiger partial charge in [-0.3, -0.25) is 0 Å². The minimum Gasteiger partial charge on any atom is -0.415 e. The summed E-state index contributed by atoms with van der Waals surface area (Å²) in [6, 6.07) is 16.3. The number of halogens is 1. The van der Waals surface area contributed by atoms with Crippen molar-refractivity contribution in [3.05, 3.63) is 70.6 Å². The number of nitrogens with zero attached hydrogens (tertiary/aromatic N) is 2. The summed E-state index contributed by atoms with van der Waals surface area (Å²) in [4.78, 5) is 3.11. The molecule has 6 heteroatoms. The number of quaternary nitrogens is 2. The van der Waals surface area contributed by atoms with E-state index in [1.54, 1.807) is 4.90 Å². The van der Waals surface area contributed by atoms with Crippen LogP contribution in [-0.4, -0.2) is 36.4 Å². The molecule has 0 unspecified atom stereocenters. The second-order valence-corrected chi connectivity index (χ2v) is 7.79. The van der Waals surface area contributed by atoms with Crippen molar-refractivity contribution in [3.63, 3.8) is 0 Å². The molecular formula is C21H25ClN4O+2. The Morgan fingerprint density at radius 2 is 1.67 bits per heavy atom. The van der Waals surface area contributed by atoms with Crippen molar-refractivity contribution in [2.24, 2.45) is 0 Å². The van der Waals surface area contributed by atoms with Gasteiger partial charge in [0.05, 0.1) is 0 Å². The van der Waals surface area contributed by atoms with Crippen molar-refractivity contribution in [3.8, 4) is 11.5 Å². The molecule has 4 rings (SSSR count). The molecule has 0 spiro atoms. The Kier molecular flexibility index (Phi) is 5.53. The maximum absolute atomic E-state index is 6.09. The number of rotatable bonds is 5. The van der Waals surface area contributed by atoms with Crippen LogP contribution < -0.4 is 9.80 Å². The van der Waals surface area contributed by atoms with Crippen molar-refractivity contribution >= 4 is 11.6 Å². The highest BCUT2D eigenvalue weighted by molar-refractivity contribution is 6.30. The van der Waals surface area contributed by atoms with Crippen LogP contribution in [0, 0.1) is 6.92 Å². The molecule has 0 saturated carbocycles. The largest absolute Gasteiger partial charge is 0.415 e. The Morgan fingerprint density at radius 3 is 2.41 bits per heavy atom. The van der Waals surface area contributed by atoms with Crippen LogP contribution in [0.1, 0.15) is 17.0 Å². The zero-order chi connectivity index (χ0) is 18.6. The molecule has 0 radical (unpaired) electrons. The lowest BCUT2D eigenvalue weighted by Crippen LogP contribution is -3.27. The molecule has 1 aliphatic rings. The molecule has 0 amide bonds. The van der Waals surface area contributed by atoms with E-state index in [2.05, 4.69) is 41.4 Å². The van der Waals surface area contributed by atoms with E-state index in [0.717, 1.165) is 55.7 Å². The molecule has 0 atom stereocenters. The average molecular weight is 385 g/mol. The fourth-order valence-corrected chi connectivity index (χ4v) is 3.89. The van der Waals surface area contributed by atoms with E-state index in [1.807, 2.05) is 24.3 Å². The monoisotopic (exact) mass is 384 g/mol. The Bertz CT molecular complexity index is 902. The number of hydrogen-bond donors (Lipinski definition) is 2.